The lowest BCUT2D eigenvalue weighted by Gasteiger charge is -2.35. The molecular weight excluding hydrogens is 358 g/mol. The molecule has 28 heavy (non-hydrogen) atoms. The molecule has 2 aliphatic rings. The lowest BCUT2D eigenvalue weighted by molar-refractivity contribution is 0.181. The van der Waals surface area contributed by atoms with Gasteiger partial charge in [0.15, 0.2) is 0 Å². The molecule has 1 fully saturated rings. The molecule has 1 saturated heterocycles. The number of methoxy groups -OCH3 is 1. The van der Waals surface area contributed by atoms with Crippen LogP contribution in [0.15, 0.2) is 42.5 Å². The van der Waals surface area contributed by atoms with E-state index in [1.165, 1.54) is 5.56 Å². The highest BCUT2D eigenvalue weighted by atomic mass is 16.6. The first-order chi connectivity index (χ1) is 13.6. The zero-order valence-corrected chi connectivity index (χ0v) is 16.0. The van der Waals surface area contributed by atoms with E-state index in [2.05, 4.69) is 11.4 Å². The molecule has 2 aromatic rings. The molecule has 0 saturated carbocycles. The fraction of sp³-hybridized carbons (Fsp3) is 0.333. The highest BCUT2D eigenvalue weighted by molar-refractivity contribution is 5.93. The molecule has 0 bridgehead atoms. The maximum Gasteiger partial charge on any atom is 0.414 e. The van der Waals surface area contributed by atoms with E-state index in [0.29, 0.717) is 31.1 Å². The Hall–Kier alpha value is -3.22. The van der Waals surface area contributed by atoms with Crippen molar-refractivity contribution in [3.63, 3.8) is 0 Å². The number of benzene rings is 2. The molecule has 7 nitrogen and oxygen atoms in total. The van der Waals surface area contributed by atoms with Gasteiger partial charge in [-0.2, -0.15) is 0 Å². The predicted octanol–water partition coefficient (Wildman–Crippen LogP) is 3.80. The number of carbonyl (C=O) groups excluding carboxylic acids is 2. The van der Waals surface area contributed by atoms with Crippen LogP contribution in [0.5, 0.6) is 5.75 Å². The first-order valence-corrected chi connectivity index (χ1v) is 9.35. The van der Waals surface area contributed by atoms with Crippen molar-refractivity contribution in [3.8, 4) is 5.75 Å². The summed E-state index contributed by atoms with van der Waals surface area (Å²) in [4.78, 5) is 28.1. The number of nitrogens with one attached hydrogen (secondary N) is 1. The van der Waals surface area contributed by atoms with Crippen molar-refractivity contribution >= 4 is 23.5 Å². The molecule has 1 atom stereocenters. The number of carbonyl (C=O) groups is 2. The summed E-state index contributed by atoms with van der Waals surface area (Å²) >= 11 is 0. The first kappa shape index (κ1) is 18.2. The number of amides is 3. The number of ether oxygens (including phenoxy) is 2. The maximum atomic E-state index is 12.9. The molecule has 2 heterocycles. The second kappa shape index (κ2) is 7.42. The minimum atomic E-state index is -0.362. The highest BCUT2D eigenvalue weighted by Gasteiger charge is 2.28. The third kappa shape index (κ3) is 3.35. The number of fused-ring (bicyclic) bond motifs is 1. The molecule has 0 radical (unpaired) electrons. The standard InChI is InChI=1S/C21H23N3O4/c1-14-19-13-18(27-2)7-6-15(19)8-9-23(14)20(25)22-16-4-3-5-17(12-16)24-10-11-28-21(24)26/h3-7,12-14H,8-11H2,1-2H3,(H,22,25). The first-order valence-electron chi connectivity index (χ1n) is 9.35. The molecule has 3 amide bonds. The number of cyclic esters (lactones) is 1. The molecule has 0 aliphatic carbocycles. The average Bonchev–Trinajstić information content (AvgIpc) is 3.14. The van der Waals surface area contributed by atoms with Crippen molar-refractivity contribution in [1.82, 2.24) is 4.90 Å². The van der Waals surface area contributed by atoms with Gasteiger partial charge in [-0.05, 0) is 54.8 Å². The van der Waals surface area contributed by atoms with Crippen LogP contribution in [0.25, 0.3) is 0 Å². The zero-order valence-electron chi connectivity index (χ0n) is 16.0. The van der Waals surface area contributed by atoms with Gasteiger partial charge in [-0.3, -0.25) is 4.90 Å². The van der Waals surface area contributed by atoms with Crippen LogP contribution in [-0.4, -0.2) is 43.8 Å². The number of rotatable bonds is 3. The Morgan fingerprint density at radius 1 is 1.21 bits per heavy atom. The Kier molecular flexibility index (Phi) is 4.81. The van der Waals surface area contributed by atoms with Gasteiger partial charge >= 0.3 is 12.1 Å². The van der Waals surface area contributed by atoms with Gasteiger partial charge in [-0.1, -0.05) is 12.1 Å². The van der Waals surface area contributed by atoms with E-state index in [9.17, 15) is 9.59 Å². The summed E-state index contributed by atoms with van der Waals surface area (Å²) in [6.07, 6.45) is 0.440. The Balaban J connectivity index is 1.50. The van der Waals surface area contributed by atoms with E-state index in [4.69, 9.17) is 9.47 Å². The van der Waals surface area contributed by atoms with Crippen molar-refractivity contribution in [2.24, 2.45) is 0 Å². The summed E-state index contributed by atoms with van der Waals surface area (Å²) in [5.74, 6) is 0.790. The average molecular weight is 381 g/mol. The quantitative estimate of drug-likeness (QED) is 0.878. The number of hydrogen-bond donors (Lipinski definition) is 1. The Morgan fingerprint density at radius 3 is 2.82 bits per heavy atom. The molecule has 0 aromatic heterocycles. The summed E-state index contributed by atoms with van der Waals surface area (Å²) in [6, 6.07) is 13.0. The van der Waals surface area contributed by atoms with Crippen molar-refractivity contribution in [3.05, 3.63) is 53.6 Å². The van der Waals surface area contributed by atoms with Gasteiger partial charge in [0.25, 0.3) is 0 Å². The van der Waals surface area contributed by atoms with E-state index >= 15 is 0 Å². The summed E-state index contributed by atoms with van der Waals surface area (Å²) < 4.78 is 10.3. The summed E-state index contributed by atoms with van der Waals surface area (Å²) in [6.45, 7) is 3.56. The molecule has 1 unspecified atom stereocenters. The number of hydrogen-bond acceptors (Lipinski definition) is 4. The van der Waals surface area contributed by atoms with Gasteiger partial charge < -0.3 is 19.7 Å². The third-order valence-electron chi connectivity index (χ3n) is 5.32. The lowest BCUT2D eigenvalue weighted by Crippen LogP contribution is -2.41. The van der Waals surface area contributed by atoms with E-state index in [1.807, 2.05) is 42.2 Å². The second-order valence-electron chi connectivity index (χ2n) is 6.93. The molecule has 146 valence electrons. The normalized spacial score (nSPS) is 18.5. The third-order valence-corrected chi connectivity index (χ3v) is 5.32. The Labute approximate surface area is 163 Å². The van der Waals surface area contributed by atoms with Crippen molar-refractivity contribution in [2.45, 2.75) is 19.4 Å². The van der Waals surface area contributed by atoms with E-state index < -0.39 is 0 Å². The zero-order chi connectivity index (χ0) is 19.7. The summed E-state index contributed by atoms with van der Waals surface area (Å²) in [7, 11) is 1.64. The van der Waals surface area contributed by atoms with Crippen LogP contribution < -0.4 is 15.0 Å². The van der Waals surface area contributed by atoms with E-state index in [-0.39, 0.29) is 18.2 Å². The topological polar surface area (TPSA) is 71.1 Å². The minimum Gasteiger partial charge on any atom is -0.497 e. The summed E-state index contributed by atoms with van der Waals surface area (Å²) in [5.41, 5.74) is 3.70. The van der Waals surface area contributed by atoms with Crippen LogP contribution in [0.4, 0.5) is 21.0 Å². The molecule has 4 rings (SSSR count). The highest BCUT2D eigenvalue weighted by Crippen LogP contribution is 2.32. The number of nitrogens with zero attached hydrogens (tertiary/aromatic N) is 2. The molecule has 0 spiro atoms. The Bertz CT molecular complexity index is 914. The number of urea groups is 1. The van der Waals surface area contributed by atoms with Crippen molar-refractivity contribution in [2.75, 3.05) is 37.0 Å². The smallest absolute Gasteiger partial charge is 0.414 e. The van der Waals surface area contributed by atoms with Crippen LogP contribution in [-0.2, 0) is 11.2 Å². The summed E-state index contributed by atoms with van der Waals surface area (Å²) in [5, 5.41) is 2.96. The SMILES string of the molecule is COc1ccc2c(c1)C(C)N(C(=O)Nc1cccc(N3CCOC3=O)c1)CC2. The second-order valence-corrected chi connectivity index (χ2v) is 6.93. The molecule has 7 heteroatoms. The van der Waals surface area contributed by atoms with Gasteiger partial charge in [0.05, 0.1) is 19.7 Å². The van der Waals surface area contributed by atoms with Gasteiger partial charge in [-0.25, -0.2) is 9.59 Å². The van der Waals surface area contributed by atoms with Crippen LogP contribution in [0.2, 0.25) is 0 Å². The van der Waals surface area contributed by atoms with E-state index in [0.717, 1.165) is 17.7 Å². The van der Waals surface area contributed by atoms with Crippen molar-refractivity contribution < 1.29 is 19.1 Å². The van der Waals surface area contributed by atoms with Gasteiger partial charge in [0.2, 0.25) is 0 Å². The van der Waals surface area contributed by atoms with Gasteiger partial charge in [0, 0.05) is 17.9 Å². The van der Waals surface area contributed by atoms with E-state index in [1.54, 1.807) is 18.1 Å². The molecular formula is C21H23N3O4. The van der Waals surface area contributed by atoms with Crippen molar-refractivity contribution in [1.29, 1.82) is 0 Å². The fourth-order valence-electron chi connectivity index (χ4n) is 3.77. The van der Waals surface area contributed by atoms with Crippen LogP contribution in [0, 0.1) is 0 Å². The molecule has 2 aromatic carbocycles. The van der Waals surface area contributed by atoms with Crippen LogP contribution >= 0.6 is 0 Å². The molecule has 1 N–H and O–H groups in total. The largest absolute Gasteiger partial charge is 0.497 e. The van der Waals surface area contributed by atoms with Gasteiger partial charge in [0.1, 0.15) is 12.4 Å². The fourth-order valence-corrected chi connectivity index (χ4v) is 3.77. The lowest BCUT2D eigenvalue weighted by atomic mass is 9.93. The minimum absolute atomic E-state index is 0.0596. The Morgan fingerprint density at radius 2 is 2.07 bits per heavy atom. The van der Waals surface area contributed by atoms with Crippen LogP contribution in [0.3, 0.4) is 0 Å². The van der Waals surface area contributed by atoms with Gasteiger partial charge in [-0.15, -0.1) is 0 Å². The molecule has 2 aliphatic heterocycles. The van der Waals surface area contributed by atoms with Crippen LogP contribution in [0.1, 0.15) is 24.1 Å². The maximum absolute atomic E-state index is 12.9. The number of anilines is 2. The predicted molar refractivity (Wildman–Crippen MR) is 106 cm³/mol. The monoisotopic (exact) mass is 381 g/mol.